The van der Waals surface area contributed by atoms with Crippen LogP contribution in [0.2, 0.25) is 0 Å². The summed E-state index contributed by atoms with van der Waals surface area (Å²) in [5.74, 6) is 0. The van der Waals surface area contributed by atoms with E-state index in [-0.39, 0.29) is 11.4 Å². The lowest BCUT2D eigenvalue weighted by Gasteiger charge is -2.15. The van der Waals surface area contributed by atoms with Crippen molar-refractivity contribution in [2.24, 2.45) is 0 Å². The van der Waals surface area contributed by atoms with Crippen LogP contribution in [0.4, 0.5) is 13.2 Å². The van der Waals surface area contributed by atoms with Gasteiger partial charge >= 0.3 is 6.18 Å². The van der Waals surface area contributed by atoms with Gasteiger partial charge in [-0.2, -0.15) is 13.2 Å². The molecule has 96 valence electrons. The summed E-state index contributed by atoms with van der Waals surface area (Å²) in [6, 6.07) is 5.86. The van der Waals surface area contributed by atoms with Gasteiger partial charge in [-0.1, -0.05) is 39.7 Å². The summed E-state index contributed by atoms with van der Waals surface area (Å²) in [7, 11) is 0. The fourth-order valence-corrected chi connectivity index (χ4v) is 2.15. The molecule has 0 amide bonds. The molecule has 17 heavy (non-hydrogen) atoms. The third-order valence-corrected chi connectivity index (χ3v) is 3.06. The van der Waals surface area contributed by atoms with E-state index in [4.69, 9.17) is 0 Å². The van der Waals surface area contributed by atoms with E-state index in [1.807, 2.05) is 32.0 Å². The summed E-state index contributed by atoms with van der Waals surface area (Å²) in [6.07, 6.45) is -4.27. The normalized spacial score (nSPS) is 13.8. The maximum atomic E-state index is 11.9. The van der Waals surface area contributed by atoms with Gasteiger partial charge in [0.25, 0.3) is 0 Å². The van der Waals surface area contributed by atoms with E-state index in [2.05, 4.69) is 20.7 Å². The molecule has 1 atom stereocenters. The maximum absolute atomic E-state index is 11.9. The second-order valence-corrected chi connectivity index (χ2v) is 5.06. The van der Waals surface area contributed by atoms with Crippen molar-refractivity contribution in [1.29, 1.82) is 0 Å². The lowest BCUT2D eigenvalue weighted by molar-refractivity contribution is -0.173. The van der Waals surface area contributed by atoms with Gasteiger partial charge in [-0.3, -0.25) is 0 Å². The highest BCUT2D eigenvalue weighted by molar-refractivity contribution is 9.09. The van der Waals surface area contributed by atoms with Gasteiger partial charge in [0.15, 0.2) is 0 Å². The fourth-order valence-electron chi connectivity index (χ4n) is 1.47. The van der Waals surface area contributed by atoms with Gasteiger partial charge in [0.2, 0.25) is 0 Å². The van der Waals surface area contributed by atoms with Gasteiger partial charge in [0.05, 0.1) is 11.4 Å². The Kier molecular flexibility index (Phi) is 5.01. The Morgan fingerprint density at radius 2 is 1.94 bits per heavy atom. The van der Waals surface area contributed by atoms with Gasteiger partial charge in [-0.05, 0) is 25.0 Å². The average molecular weight is 311 g/mol. The molecule has 1 unspecified atom stereocenters. The zero-order valence-electron chi connectivity index (χ0n) is 9.64. The quantitative estimate of drug-likeness (QED) is 0.753. The van der Waals surface area contributed by atoms with Crippen molar-refractivity contribution in [3.05, 3.63) is 34.9 Å². The lowest BCUT2D eigenvalue weighted by atomic mass is 10.0. The number of benzene rings is 1. The van der Waals surface area contributed by atoms with Crippen LogP contribution in [0.5, 0.6) is 0 Å². The van der Waals surface area contributed by atoms with E-state index < -0.39 is 12.8 Å². The standard InChI is InChI=1S/C12H14BrF3O/c1-8-3-4-9(2)10(5-8)11(13)6-17-7-12(14,15)16/h3-5,11H,6-7H2,1-2H3. The van der Waals surface area contributed by atoms with Gasteiger partial charge in [-0.15, -0.1) is 0 Å². The summed E-state index contributed by atoms with van der Waals surface area (Å²) in [4.78, 5) is -0.218. The molecule has 0 saturated heterocycles. The van der Waals surface area contributed by atoms with Crippen LogP contribution in [-0.4, -0.2) is 19.4 Å². The van der Waals surface area contributed by atoms with Crippen molar-refractivity contribution in [2.45, 2.75) is 24.9 Å². The van der Waals surface area contributed by atoms with E-state index in [0.717, 1.165) is 16.7 Å². The third kappa shape index (κ3) is 5.08. The van der Waals surface area contributed by atoms with Crippen molar-refractivity contribution in [2.75, 3.05) is 13.2 Å². The van der Waals surface area contributed by atoms with Crippen LogP contribution in [0.1, 0.15) is 21.5 Å². The van der Waals surface area contributed by atoms with Crippen molar-refractivity contribution in [3.8, 4) is 0 Å². The number of hydrogen-bond acceptors (Lipinski definition) is 1. The SMILES string of the molecule is Cc1ccc(C)c(C(Br)COCC(F)(F)F)c1. The molecule has 0 heterocycles. The molecule has 0 aliphatic rings. The van der Waals surface area contributed by atoms with Crippen LogP contribution in [0.3, 0.4) is 0 Å². The van der Waals surface area contributed by atoms with Crippen LogP contribution in [0, 0.1) is 13.8 Å². The molecule has 5 heteroatoms. The molecule has 0 N–H and O–H groups in total. The lowest BCUT2D eigenvalue weighted by Crippen LogP contribution is -2.18. The summed E-state index contributed by atoms with van der Waals surface area (Å²) < 4.78 is 40.4. The molecule has 1 rings (SSSR count). The number of ether oxygens (including phenoxy) is 1. The van der Waals surface area contributed by atoms with Crippen LogP contribution >= 0.6 is 15.9 Å². The molecule has 0 spiro atoms. The molecule has 0 aromatic heterocycles. The number of halogens is 4. The van der Waals surface area contributed by atoms with Crippen molar-refractivity contribution in [1.82, 2.24) is 0 Å². The Bertz CT molecular complexity index is 377. The second-order valence-electron chi connectivity index (χ2n) is 3.96. The largest absolute Gasteiger partial charge is 0.411 e. The van der Waals surface area contributed by atoms with E-state index in [1.165, 1.54) is 0 Å². The summed E-state index contributed by atoms with van der Waals surface area (Å²) in [5.41, 5.74) is 3.08. The molecular weight excluding hydrogens is 297 g/mol. The van der Waals surface area contributed by atoms with Crippen LogP contribution in [-0.2, 0) is 4.74 Å². The molecule has 1 aromatic carbocycles. The van der Waals surface area contributed by atoms with E-state index in [1.54, 1.807) is 0 Å². The number of alkyl halides is 4. The average Bonchev–Trinajstić information content (AvgIpc) is 2.19. The molecule has 1 nitrogen and oxygen atoms in total. The smallest absolute Gasteiger partial charge is 0.371 e. The van der Waals surface area contributed by atoms with Crippen molar-refractivity contribution in [3.63, 3.8) is 0 Å². The molecule has 0 fully saturated rings. The zero-order valence-corrected chi connectivity index (χ0v) is 11.2. The highest BCUT2D eigenvalue weighted by Crippen LogP contribution is 2.27. The predicted octanol–water partition coefficient (Wildman–Crippen LogP) is 4.32. The first-order chi connectivity index (χ1) is 7.79. The van der Waals surface area contributed by atoms with Gasteiger partial charge < -0.3 is 4.74 Å². The van der Waals surface area contributed by atoms with Crippen LogP contribution in [0.25, 0.3) is 0 Å². The Hall–Kier alpha value is -0.550. The minimum Gasteiger partial charge on any atom is -0.371 e. The number of rotatable bonds is 4. The highest BCUT2D eigenvalue weighted by atomic mass is 79.9. The van der Waals surface area contributed by atoms with Crippen LogP contribution in [0.15, 0.2) is 18.2 Å². The van der Waals surface area contributed by atoms with Gasteiger partial charge in [0, 0.05) is 0 Å². The van der Waals surface area contributed by atoms with E-state index >= 15 is 0 Å². The molecule has 0 aliphatic carbocycles. The minimum absolute atomic E-state index is 0.00377. The number of hydrogen-bond donors (Lipinski definition) is 0. The third-order valence-electron chi connectivity index (χ3n) is 2.30. The maximum Gasteiger partial charge on any atom is 0.411 e. The van der Waals surface area contributed by atoms with E-state index in [0.29, 0.717) is 0 Å². The van der Waals surface area contributed by atoms with Gasteiger partial charge in [-0.25, -0.2) is 0 Å². The predicted molar refractivity (Wildman–Crippen MR) is 64.5 cm³/mol. The first kappa shape index (κ1) is 14.5. The van der Waals surface area contributed by atoms with Crippen molar-refractivity contribution < 1.29 is 17.9 Å². The number of aryl methyl sites for hydroxylation is 2. The Morgan fingerprint density at radius 1 is 1.29 bits per heavy atom. The van der Waals surface area contributed by atoms with Crippen LogP contribution < -0.4 is 0 Å². The second kappa shape index (κ2) is 5.87. The minimum atomic E-state index is -4.27. The molecular formula is C12H14BrF3O. The molecule has 0 radical (unpaired) electrons. The Balaban J connectivity index is 2.58. The monoisotopic (exact) mass is 310 g/mol. The summed E-state index contributed by atoms with van der Waals surface area (Å²) in [6.45, 7) is 2.66. The first-order valence-corrected chi connectivity index (χ1v) is 6.07. The highest BCUT2D eigenvalue weighted by Gasteiger charge is 2.27. The molecule has 0 saturated carbocycles. The zero-order chi connectivity index (χ0) is 13.1. The summed E-state index contributed by atoms with van der Waals surface area (Å²) >= 11 is 3.35. The Labute approximate surface area is 107 Å². The molecule has 0 bridgehead atoms. The topological polar surface area (TPSA) is 9.23 Å². The first-order valence-electron chi connectivity index (χ1n) is 5.15. The summed E-state index contributed by atoms with van der Waals surface area (Å²) in [5, 5.41) is 0. The molecule has 1 aromatic rings. The molecule has 0 aliphatic heterocycles. The van der Waals surface area contributed by atoms with Crippen molar-refractivity contribution >= 4 is 15.9 Å². The van der Waals surface area contributed by atoms with E-state index in [9.17, 15) is 13.2 Å². The Morgan fingerprint density at radius 3 is 2.53 bits per heavy atom. The fraction of sp³-hybridized carbons (Fsp3) is 0.500. The van der Waals surface area contributed by atoms with Gasteiger partial charge in [0.1, 0.15) is 6.61 Å².